The lowest BCUT2D eigenvalue weighted by molar-refractivity contribution is 0.364. The smallest absolute Gasteiger partial charge is 0.174 e. The van der Waals surface area contributed by atoms with Crippen LogP contribution in [0.1, 0.15) is 5.56 Å². The van der Waals surface area contributed by atoms with Gasteiger partial charge in [-0.05, 0) is 12.1 Å². The molecule has 0 fully saturated rings. The van der Waals surface area contributed by atoms with Gasteiger partial charge in [0.15, 0.2) is 6.61 Å². The Labute approximate surface area is 116 Å². The second kappa shape index (κ2) is 6.62. The molecule has 0 unspecified atom stereocenters. The number of pyridine rings is 1. The van der Waals surface area contributed by atoms with Gasteiger partial charge in [-0.3, -0.25) is 4.98 Å². The standard InChI is InChI=1S/C14H12ClN3O/c15-12-5-7-17-10-13(12)18-9-11-3-1-2-4-14(11)19-8-6-16/h1-5,7,10,18H,8-9H2. The molecule has 19 heavy (non-hydrogen) atoms. The van der Waals surface area contributed by atoms with Crippen LogP contribution in [0, 0.1) is 11.3 Å². The summed E-state index contributed by atoms with van der Waals surface area (Å²) in [5.41, 5.74) is 1.72. The summed E-state index contributed by atoms with van der Waals surface area (Å²) >= 11 is 6.04. The Balaban J connectivity index is 2.07. The summed E-state index contributed by atoms with van der Waals surface area (Å²) < 4.78 is 5.36. The van der Waals surface area contributed by atoms with Crippen molar-refractivity contribution in [2.24, 2.45) is 0 Å². The molecule has 1 heterocycles. The van der Waals surface area contributed by atoms with E-state index in [1.165, 1.54) is 0 Å². The van der Waals surface area contributed by atoms with Crippen molar-refractivity contribution in [1.29, 1.82) is 5.26 Å². The zero-order valence-corrected chi connectivity index (χ0v) is 10.9. The van der Waals surface area contributed by atoms with E-state index >= 15 is 0 Å². The van der Waals surface area contributed by atoms with Gasteiger partial charge in [0.1, 0.15) is 11.8 Å². The molecular weight excluding hydrogens is 262 g/mol. The van der Waals surface area contributed by atoms with Gasteiger partial charge in [-0.2, -0.15) is 5.26 Å². The maximum Gasteiger partial charge on any atom is 0.174 e. The first-order chi connectivity index (χ1) is 9.31. The molecule has 5 heteroatoms. The van der Waals surface area contributed by atoms with Crippen LogP contribution in [0.25, 0.3) is 0 Å². The number of hydrogen-bond donors (Lipinski definition) is 1. The molecule has 0 radical (unpaired) electrons. The molecule has 0 amide bonds. The number of hydrogen-bond acceptors (Lipinski definition) is 4. The summed E-state index contributed by atoms with van der Waals surface area (Å²) in [5.74, 6) is 0.691. The summed E-state index contributed by atoms with van der Waals surface area (Å²) in [6.45, 7) is 0.581. The Morgan fingerprint density at radius 2 is 2.16 bits per heavy atom. The zero-order valence-electron chi connectivity index (χ0n) is 10.1. The van der Waals surface area contributed by atoms with Crippen LogP contribution < -0.4 is 10.1 Å². The van der Waals surface area contributed by atoms with Crippen molar-refractivity contribution in [2.75, 3.05) is 11.9 Å². The Morgan fingerprint density at radius 3 is 2.95 bits per heavy atom. The summed E-state index contributed by atoms with van der Waals surface area (Å²) in [7, 11) is 0. The number of anilines is 1. The molecule has 0 atom stereocenters. The first-order valence-electron chi connectivity index (χ1n) is 5.72. The quantitative estimate of drug-likeness (QED) is 0.908. The zero-order chi connectivity index (χ0) is 13.5. The van der Waals surface area contributed by atoms with E-state index in [4.69, 9.17) is 21.6 Å². The van der Waals surface area contributed by atoms with Crippen molar-refractivity contribution in [3.63, 3.8) is 0 Å². The number of rotatable bonds is 5. The molecule has 96 valence electrons. The summed E-state index contributed by atoms with van der Waals surface area (Å²) in [5, 5.41) is 12.4. The molecule has 1 aromatic carbocycles. The first-order valence-corrected chi connectivity index (χ1v) is 6.10. The van der Waals surface area contributed by atoms with Gasteiger partial charge in [-0.1, -0.05) is 29.8 Å². The minimum Gasteiger partial charge on any atom is -0.478 e. The van der Waals surface area contributed by atoms with Gasteiger partial charge in [0, 0.05) is 18.3 Å². The lowest BCUT2D eigenvalue weighted by atomic mass is 10.2. The molecule has 0 bridgehead atoms. The Bertz CT molecular complexity index is 595. The maximum atomic E-state index is 8.55. The average Bonchev–Trinajstić information content (AvgIpc) is 2.45. The molecule has 0 spiro atoms. The number of nitriles is 1. The van der Waals surface area contributed by atoms with Crippen LogP contribution in [-0.4, -0.2) is 11.6 Å². The van der Waals surface area contributed by atoms with Crippen LogP contribution in [0.4, 0.5) is 5.69 Å². The Hall–Kier alpha value is -2.25. The van der Waals surface area contributed by atoms with Crippen LogP contribution in [0.15, 0.2) is 42.7 Å². The molecule has 1 N–H and O–H groups in total. The molecule has 2 aromatic rings. The predicted molar refractivity (Wildman–Crippen MR) is 74.1 cm³/mol. The van der Waals surface area contributed by atoms with Crippen molar-refractivity contribution in [3.8, 4) is 11.8 Å². The van der Waals surface area contributed by atoms with E-state index in [1.54, 1.807) is 18.5 Å². The highest BCUT2D eigenvalue weighted by atomic mass is 35.5. The molecule has 1 aromatic heterocycles. The number of nitrogens with zero attached hydrogens (tertiary/aromatic N) is 2. The minimum absolute atomic E-state index is 0.0324. The third-order valence-corrected chi connectivity index (χ3v) is 2.83. The number of ether oxygens (including phenoxy) is 1. The van der Waals surface area contributed by atoms with Crippen LogP contribution >= 0.6 is 11.6 Å². The monoisotopic (exact) mass is 273 g/mol. The lowest BCUT2D eigenvalue weighted by Gasteiger charge is -2.11. The molecule has 0 aliphatic heterocycles. The summed E-state index contributed by atoms with van der Waals surface area (Å²) in [6, 6.07) is 11.2. The van der Waals surface area contributed by atoms with E-state index in [0.29, 0.717) is 17.3 Å². The summed E-state index contributed by atoms with van der Waals surface area (Å²) in [6.07, 6.45) is 3.30. The SMILES string of the molecule is N#CCOc1ccccc1CNc1cnccc1Cl. The van der Waals surface area contributed by atoms with Gasteiger partial charge in [-0.25, -0.2) is 0 Å². The molecule has 0 saturated heterocycles. The van der Waals surface area contributed by atoms with Crippen LogP contribution in [0.3, 0.4) is 0 Å². The number of nitrogens with one attached hydrogen (secondary N) is 1. The van der Waals surface area contributed by atoms with Gasteiger partial charge in [0.05, 0.1) is 16.9 Å². The number of aromatic nitrogens is 1. The first kappa shape index (κ1) is 13.2. The summed E-state index contributed by atoms with van der Waals surface area (Å²) in [4.78, 5) is 4.01. The van der Waals surface area contributed by atoms with E-state index in [9.17, 15) is 0 Å². The van der Waals surface area contributed by atoms with Crippen LogP contribution in [0.2, 0.25) is 5.02 Å². The van der Waals surface area contributed by atoms with Gasteiger partial charge in [0.25, 0.3) is 0 Å². The van der Waals surface area contributed by atoms with E-state index in [2.05, 4.69) is 10.3 Å². The highest BCUT2D eigenvalue weighted by molar-refractivity contribution is 6.33. The average molecular weight is 274 g/mol. The Kier molecular flexibility index (Phi) is 4.60. The molecule has 0 aliphatic rings. The third-order valence-electron chi connectivity index (χ3n) is 2.50. The highest BCUT2D eigenvalue weighted by Crippen LogP contribution is 2.23. The second-order valence-corrected chi connectivity index (χ2v) is 4.17. The van der Waals surface area contributed by atoms with E-state index < -0.39 is 0 Å². The van der Waals surface area contributed by atoms with Crippen molar-refractivity contribution >= 4 is 17.3 Å². The predicted octanol–water partition coefficient (Wildman–Crippen LogP) is 3.25. The minimum atomic E-state index is 0.0324. The topological polar surface area (TPSA) is 57.9 Å². The van der Waals surface area contributed by atoms with Crippen molar-refractivity contribution < 1.29 is 4.74 Å². The fourth-order valence-corrected chi connectivity index (χ4v) is 1.77. The van der Waals surface area contributed by atoms with Gasteiger partial charge in [-0.15, -0.1) is 0 Å². The van der Waals surface area contributed by atoms with E-state index in [0.717, 1.165) is 11.3 Å². The molecule has 0 saturated carbocycles. The molecule has 4 nitrogen and oxygen atoms in total. The molecular formula is C14H12ClN3O. The fraction of sp³-hybridized carbons (Fsp3) is 0.143. The largest absolute Gasteiger partial charge is 0.478 e. The molecule has 0 aliphatic carbocycles. The van der Waals surface area contributed by atoms with Crippen molar-refractivity contribution in [1.82, 2.24) is 4.98 Å². The Morgan fingerprint density at radius 1 is 1.32 bits per heavy atom. The van der Waals surface area contributed by atoms with Crippen molar-refractivity contribution in [3.05, 3.63) is 53.3 Å². The highest BCUT2D eigenvalue weighted by Gasteiger charge is 2.04. The van der Waals surface area contributed by atoms with Crippen LogP contribution in [-0.2, 0) is 6.54 Å². The number of para-hydroxylation sites is 1. The number of halogens is 1. The van der Waals surface area contributed by atoms with E-state index in [1.807, 2.05) is 30.3 Å². The van der Waals surface area contributed by atoms with Gasteiger partial charge in [0.2, 0.25) is 0 Å². The van der Waals surface area contributed by atoms with E-state index in [-0.39, 0.29) is 6.61 Å². The number of benzene rings is 1. The second-order valence-electron chi connectivity index (χ2n) is 3.76. The van der Waals surface area contributed by atoms with Gasteiger partial charge >= 0.3 is 0 Å². The normalized spacial score (nSPS) is 9.68. The lowest BCUT2D eigenvalue weighted by Crippen LogP contribution is -2.04. The molecule has 2 rings (SSSR count). The van der Waals surface area contributed by atoms with Crippen LogP contribution in [0.5, 0.6) is 5.75 Å². The van der Waals surface area contributed by atoms with Gasteiger partial charge < -0.3 is 10.1 Å². The third kappa shape index (κ3) is 3.60. The van der Waals surface area contributed by atoms with Crippen molar-refractivity contribution in [2.45, 2.75) is 6.54 Å². The fourth-order valence-electron chi connectivity index (χ4n) is 1.60. The maximum absolute atomic E-state index is 8.55.